The van der Waals surface area contributed by atoms with Crippen LogP contribution in [0.5, 0.6) is 0 Å². The Bertz CT molecular complexity index is 267. The van der Waals surface area contributed by atoms with Crippen molar-refractivity contribution in [3.05, 3.63) is 30.1 Å². The Morgan fingerprint density at radius 1 is 1.47 bits per heavy atom. The molecule has 1 aliphatic rings. The average molecular weight is 205 g/mol. The molecule has 3 nitrogen and oxygen atoms in total. The Kier molecular flexibility index (Phi) is 4.11. The van der Waals surface area contributed by atoms with Crippen molar-refractivity contribution in [1.82, 2.24) is 15.6 Å². The maximum absolute atomic E-state index is 4.28. The molecular formula is C12H19N3. The minimum Gasteiger partial charge on any atom is -0.316 e. The van der Waals surface area contributed by atoms with Gasteiger partial charge in [0.2, 0.25) is 0 Å². The van der Waals surface area contributed by atoms with Gasteiger partial charge in [0, 0.05) is 12.7 Å². The van der Waals surface area contributed by atoms with Gasteiger partial charge in [-0.3, -0.25) is 4.98 Å². The van der Waals surface area contributed by atoms with E-state index in [0.29, 0.717) is 0 Å². The maximum atomic E-state index is 4.28. The summed E-state index contributed by atoms with van der Waals surface area (Å²) in [6.45, 7) is 4.34. The summed E-state index contributed by atoms with van der Waals surface area (Å²) in [5, 5.41) is 6.90. The lowest BCUT2D eigenvalue weighted by Crippen LogP contribution is -2.35. The molecule has 1 saturated heterocycles. The minimum atomic E-state index is 0.794. The molecule has 0 bridgehead atoms. The van der Waals surface area contributed by atoms with Crippen LogP contribution >= 0.6 is 0 Å². The molecule has 3 heteroatoms. The normalized spacial score (nSPS) is 21.5. The van der Waals surface area contributed by atoms with Crippen LogP contribution in [-0.2, 0) is 6.54 Å². The van der Waals surface area contributed by atoms with Gasteiger partial charge in [0.25, 0.3) is 0 Å². The van der Waals surface area contributed by atoms with E-state index in [0.717, 1.165) is 31.2 Å². The molecule has 0 spiro atoms. The third-order valence-electron chi connectivity index (χ3n) is 2.86. The second-order valence-corrected chi connectivity index (χ2v) is 4.16. The van der Waals surface area contributed by atoms with Crippen LogP contribution in [0.25, 0.3) is 0 Å². The zero-order valence-corrected chi connectivity index (χ0v) is 9.08. The molecule has 82 valence electrons. The van der Waals surface area contributed by atoms with Crippen LogP contribution in [0, 0.1) is 5.92 Å². The van der Waals surface area contributed by atoms with E-state index in [1.54, 1.807) is 0 Å². The Morgan fingerprint density at radius 2 is 2.47 bits per heavy atom. The summed E-state index contributed by atoms with van der Waals surface area (Å²) in [4.78, 5) is 4.28. The fraction of sp³-hybridized carbons (Fsp3) is 0.583. The third kappa shape index (κ3) is 3.61. The number of pyridine rings is 1. The van der Waals surface area contributed by atoms with Crippen LogP contribution in [0.2, 0.25) is 0 Å². The van der Waals surface area contributed by atoms with E-state index in [4.69, 9.17) is 0 Å². The molecule has 0 aromatic carbocycles. The summed E-state index contributed by atoms with van der Waals surface area (Å²) in [6.07, 6.45) is 4.51. The topological polar surface area (TPSA) is 37.0 Å². The van der Waals surface area contributed by atoms with Gasteiger partial charge in [-0.05, 0) is 50.5 Å². The van der Waals surface area contributed by atoms with Crippen LogP contribution in [0.4, 0.5) is 0 Å². The van der Waals surface area contributed by atoms with Gasteiger partial charge in [-0.2, -0.15) is 0 Å². The molecule has 2 heterocycles. The summed E-state index contributed by atoms with van der Waals surface area (Å²) in [7, 11) is 0. The number of hydrogen-bond acceptors (Lipinski definition) is 3. The molecule has 0 aliphatic carbocycles. The number of piperidine rings is 1. The maximum Gasteiger partial charge on any atom is 0.0541 e. The number of aromatic nitrogens is 1. The SMILES string of the molecule is c1ccc(CNC[C@H]2CCCNC2)nc1. The Balaban J connectivity index is 1.66. The smallest absolute Gasteiger partial charge is 0.0541 e. The zero-order valence-electron chi connectivity index (χ0n) is 9.08. The van der Waals surface area contributed by atoms with Gasteiger partial charge in [-0.25, -0.2) is 0 Å². The van der Waals surface area contributed by atoms with Crippen molar-refractivity contribution in [2.24, 2.45) is 5.92 Å². The van der Waals surface area contributed by atoms with Gasteiger partial charge in [0.1, 0.15) is 0 Å². The predicted molar refractivity (Wildman–Crippen MR) is 61.5 cm³/mol. The van der Waals surface area contributed by atoms with E-state index in [1.807, 2.05) is 18.3 Å². The number of nitrogens with zero attached hydrogens (tertiary/aromatic N) is 1. The number of rotatable bonds is 4. The van der Waals surface area contributed by atoms with Gasteiger partial charge < -0.3 is 10.6 Å². The van der Waals surface area contributed by atoms with Crippen molar-refractivity contribution in [3.63, 3.8) is 0 Å². The van der Waals surface area contributed by atoms with E-state index in [1.165, 1.54) is 19.4 Å². The highest BCUT2D eigenvalue weighted by Gasteiger charge is 2.11. The summed E-state index contributed by atoms with van der Waals surface area (Å²) < 4.78 is 0. The van der Waals surface area contributed by atoms with Crippen LogP contribution in [0.1, 0.15) is 18.5 Å². The molecule has 2 N–H and O–H groups in total. The standard InChI is InChI=1S/C12H19N3/c1-2-7-15-12(5-1)10-14-9-11-4-3-6-13-8-11/h1-2,5,7,11,13-14H,3-4,6,8-10H2/t11-/m0/s1. The highest BCUT2D eigenvalue weighted by molar-refractivity contribution is 5.02. The summed E-state index contributed by atoms with van der Waals surface area (Å²) >= 11 is 0. The first-order valence-electron chi connectivity index (χ1n) is 5.76. The summed E-state index contributed by atoms with van der Waals surface area (Å²) in [5.74, 6) is 0.794. The molecule has 0 radical (unpaired) electrons. The largest absolute Gasteiger partial charge is 0.316 e. The number of nitrogens with one attached hydrogen (secondary N) is 2. The Labute approximate surface area is 91.3 Å². The molecule has 1 aliphatic heterocycles. The Morgan fingerprint density at radius 3 is 3.20 bits per heavy atom. The molecule has 15 heavy (non-hydrogen) atoms. The van der Waals surface area contributed by atoms with Crippen molar-refractivity contribution < 1.29 is 0 Å². The fourth-order valence-electron chi connectivity index (χ4n) is 2.01. The van der Waals surface area contributed by atoms with E-state index < -0.39 is 0 Å². The third-order valence-corrected chi connectivity index (χ3v) is 2.86. The van der Waals surface area contributed by atoms with Gasteiger partial charge in [-0.1, -0.05) is 6.07 Å². The van der Waals surface area contributed by atoms with Crippen molar-refractivity contribution in [1.29, 1.82) is 0 Å². The molecule has 0 saturated carbocycles. The van der Waals surface area contributed by atoms with Crippen LogP contribution in [0.3, 0.4) is 0 Å². The van der Waals surface area contributed by atoms with Crippen molar-refractivity contribution >= 4 is 0 Å². The average Bonchev–Trinajstić information content (AvgIpc) is 2.32. The summed E-state index contributed by atoms with van der Waals surface area (Å²) in [6, 6.07) is 6.05. The van der Waals surface area contributed by atoms with Gasteiger partial charge in [0.05, 0.1) is 5.69 Å². The Hall–Kier alpha value is -0.930. The molecule has 1 aromatic heterocycles. The van der Waals surface area contributed by atoms with Crippen molar-refractivity contribution in [3.8, 4) is 0 Å². The van der Waals surface area contributed by atoms with E-state index in [2.05, 4.69) is 21.7 Å². The lowest BCUT2D eigenvalue weighted by molar-refractivity contribution is 0.359. The van der Waals surface area contributed by atoms with Crippen molar-refractivity contribution in [2.45, 2.75) is 19.4 Å². The zero-order chi connectivity index (χ0) is 10.3. The lowest BCUT2D eigenvalue weighted by atomic mass is 10.00. The minimum absolute atomic E-state index is 0.794. The first-order valence-corrected chi connectivity index (χ1v) is 5.76. The quantitative estimate of drug-likeness (QED) is 0.775. The second kappa shape index (κ2) is 5.83. The van der Waals surface area contributed by atoms with E-state index >= 15 is 0 Å². The molecule has 0 unspecified atom stereocenters. The molecule has 0 amide bonds. The van der Waals surface area contributed by atoms with E-state index in [-0.39, 0.29) is 0 Å². The van der Waals surface area contributed by atoms with Gasteiger partial charge in [0.15, 0.2) is 0 Å². The molecule has 2 rings (SSSR count). The first-order chi connectivity index (χ1) is 7.45. The molecule has 1 fully saturated rings. The van der Waals surface area contributed by atoms with Crippen LogP contribution in [-0.4, -0.2) is 24.6 Å². The molecule has 1 aromatic rings. The fourth-order valence-corrected chi connectivity index (χ4v) is 2.01. The second-order valence-electron chi connectivity index (χ2n) is 4.16. The van der Waals surface area contributed by atoms with Crippen LogP contribution in [0.15, 0.2) is 24.4 Å². The van der Waals surface area contributed by atoms with Gasteiger partial charge in [-0.15, -0.1) is 0 Å². The monoisotopic (exact) mass is 205 g/mol. The van der Waals surface area contributed by atoms with Crippen LogP contribution < -0.4 is 10.6 Å². The summed E-state index contributed by atoms with van der Waals surface area (Å²) in [5.41, 5.74) is 1.13. The van der Waals surface area contributed by atoms with Crippen molar-refractivity contribution in [2.75, 3.05) is 19.6 Å². The highest BCUT2D eigenvalue weighted by Crippen LogP contribution is 2.08. The highest BCUT2D eigenvalue weighted by atomic mass is 14.9. The van der Waals surface area contributed by atoms with E-state index in [9.17, 15) is 0 Å². The number of hydrogen-bond donors (Lipinski definition) is 2. The lowest BCUT2D eigenvalue weighted by Gasteiger charge is -2.22. The first kappa shape index (κ1) is 10.6. The molecular weight excluding hydrogens is 186 g/mol. The molecule has 1 atom stereocenters. The predicted octanol–water partition coefficient (Wildman–Crippen LogP) is 1.17. The van der Waals surface area contributed by atoms with Gasteiger partial charge >= 0.3 is 0 Å².